The van der Waals surface area contributed by atoms with E-state index in [4.69, 9.17) is 4.74 Å². The summed E-state index contributed by atoms with van der Waals surface area (Å²) in [5, 5.41) is 0. The Kier molecular flexibility index (Phi) is 7.09. The van der Waals surface area contributed by atoms with Crippen LogP contribution >= 0.6 is 0 Å². The molecule has 1 fully saturated rings. The van der Waals surface area contributed by atoms with Crippen LogP contribution in [0.2, 0.25) is 0 Å². The summed E-state index contributed by atoms with van der Waals surface area (Å²) in [6, 6.07) is 17.4. The van der Waals surface area contributed by atoms with Gasteiger partial charge >= 0.3 is 5.97 Å². The number of hydrogen-bond acceptors (Lipinski definition) is 2. The number of esters is 1. The highest BCUT2D eigenvalue weighted by molar-refractivity contribution is 5.75. The summed E-state index contributed by atoms with van der Waals surface area (Å²) in [6.45, 7) is 4.42. The third-order valence-electron chi connectivity index (χ3n) is 5.64. The second kappa shape index (κ2) is 9.73. The van der Waals surface area contributed by atoms with Crippen molar-refractivity contribution in [2.75, 3.05) is 0 Å². The van der Waals surface area contributed by atoms with Crippen molar-refractivity contribution < 1.29 is 9.53 Å². The zero-order chi connectivity index (χ0) is 19.1. The zero-order valence-electron chi connectivity index (χ0n) is 16.7. The lowest BCUT2D eigenvalue weighted by atomic mass is 9.94. The van der Waals surface area contributed by atoms with Crippen molar-refractivity contribution in [3.63, 3.8) is 0 Å². The number of unbranched alkanes of at least 4 members (excludes halogenated alkanes) is 3. The Hall–Kier alpha value is -2.09. The van der Waals surface area contributed by atoms with Gasteiger partial charge in [0.2, 0.25) is 0 Å². The van der Waals surface area contributed by atoms with Crippen molar-refractivity contribution in [2.24, 2.45) is 5.92 Å². The van der Waals surface area contributed by atoms with Crippen LogP contribution in [0.4, 0.5) is 0 Å². The van der Waals surface area contributed by atoms with Gasteiger partial charge in [0.25, 0.3) is 0 Å². The maximum atomic E-state index is 12.1. The van der Waals surface area contributed by atoms with Crippen LogP contribution in [0.5, 0.6) is 0 Å². The minimum atomic E-state index is -0.0744. The number of cyclic esters (lactones) is 1. The summed E-state index contributed by atoms with van der Waals surface area (Å²) in [6.07, 6.45) is 8.85. The van der Waals surface area contributed by atoms with Crippen LogP contribution in [0.3, 0.4) is 0 Å². The summed E-state index contributed by atoms with van der Waals surface area (Å²) in [5.41, 5.74) is 4.97. The fourth-order valence-electron chi connectivity index (χ4n) is 3.85. The minimum Gasteiger partial charge on any atom is -0.457 e. The molecule has 1 heterocycles. The molecule has 0 saturated carbocycles. The minimum absolute atomic E-state index is 0.0113. The molecule has 2 nitrogen and oxygen atoms in total. The molecule has 2 atom stereocenters. The molecule has 1 aliphatic rings. The van der Waals surface area contributed by atoms with Crippen LogP contribution < -0.4 is 0 Å². The maximum absolute atomic E-state index is 12.1. The second-order valence-corrected chi connectivity index (χ2v) is 7.78. The van der Waals surface area contributed by atoms with Gasteiger partial charge in [0.15, 0.2) is 0 Å². The van der Waals surface area contributed by atoms with Gasteiger partial charge in [-0.1, -0.05) is 88.1 Å². The molecule has 27 heavy (non-hydrogen) atoms. The van der Waals surface area contributed by atoms with Crippen LogP contribution in [0.25, 0.3) is 11.1 Å². The highest BCUT2D eigenvalue weighted by Gasteiger charge is 2.34. The summed E-state index contributed by atoms with van der Waals surface area (Å²) >= 11 is 0. The van der Waals surface area contributed by atoms with Crippen molar-refractivity contribution in [2.45, 2.75) is 71.3 Å². The first-order valence-electron chi connectivity index (χ1n) is 10.6. The van der Waals surface area contributed by atoms with Crippen molar-refractivity contribution in [3.8, 4) is 11.1 Å². The van der Waals surface area contributed by atoms with E-state index in [-0.39, 0.29) is 18.0 Å². The Balaban J connectivity index is 1.61. The fourth-order valence-corrected chi connectivity index (χ4v) is 3.85. The number of hydrogen-bond donors (Lipinski definition) is 0. The fraction of sp³-hybridized carbons (Fsp3) is 0.480. The lowest BCUT2D eigenvalue weighted by Crippen LogP contribution is -2.06. The van der Waals surface area contributed by atoms with Gasteiger partial charge in [-0.15, -0.1) is 0 Å². The average molecular weight is 365 g/mol. The first-order valence-corrected chi connectivity index (χ1v) is 10.6. The lowest BCUT2D eigenvalue weighted by molar-refractivity contribution is -0.144. The SMILES string of the molecule is CCCCCC1CC(c2ccc(-c3ccc(CCCC)cc3)cc2)OC1=O. The molecule has 0 aromatic heterocycles. The molecule has 0 amide bonds. The molecule has 2 aromatic carbocycles. The number of carbonyl (C=O) groups is 1. The van der Waals surface area contributed by atoms with Crippen LogP contribution in [0, 0.1) is 5.92 Å². The standard InChI is InChI=1S/C25H32O2/c1-3-5-7-9-23-18-24(27-25(23)26)22-16-14-21(15-17-22)20-12-10-19(11-13-20)8-6-4-2/h10-17,23-24H,3-9,18H2,1-2H3. The van der Waals surface area contributed by atoms with E-state index in [2.05, 4.69) is 62.4 Å². The van der Waals surface area contributed by atoms with E-state index in [1.165, 1.54) is 42.4 Å². The molecule has 2 unspecified atom stereocenters. The Morgan fingerprint density at radius 2 is 1.48 bits per heavy atom. The van der Waals surface area contributed by atoms with Crippen LogP contribution in [0.15, 0.2) is 48.5 Å². The summed E-state index contributed by atoms with van der Waals surface area (Å²) < 4.78 is 5.65. The Labute approximate surface area is 164 Å². The molecule has 144 valence electrons. The number of carbonyl (C=O) groups excluding carboxylic acids is 1. The van der Waals surface area contributed by atoms with Crippen molar-refractivity contribution in [3.05, 3.63) is 59.7 Å². The number of rotatable bonds is 9. The molecule has 0 aliphatic carbocycles. The van der Waals surface area contributed by atoms with Gasteiger partial charge in [-0.3, -0.25) is 4.79 Å². The first kappa shape index (κ1) is 19.7. The molecule has 1 saturated heterocycles. The Morgan fingerprint density at radius 1 is 0.852 bits per heavy atom. The van der Waals surface area contributed by atoms with Gasteiger partial charge in [-0.25, -0.2) is 0 Å². The molecule has 0 bridgehead atoms. The van der Waals surface area contributed by atoms with Crippen LogP contribution in [0.1, 0.15) is 76.0 Å². The topological polar surface area (TPSA) is 26.3 Å². The zero-order valence-corrected chi connectivity index (χ0v) is 16.7. The van der Waals surface area contributed by atoms with Gasteiger partial charge < -0.3 is 4.74 Å². The summed E-state index contributed by atoms with van der Waals surface area (Å²) in [5.74, 6) is 0.0692. The lowest BCUT2D eigenvalue weighted by Gasteiger charge is -2.11. The number of aryl methyl sites for hydroxylation is 1. The Morgan fingerprint density at radius 3 is 2.11 bits per heavy atom. The van der Waals surface area contributed by atoms with Gasteiger partial charge in [0.05, 0.1) is 5.92 Å². The van der Waals surface area contributed by atoms with E-state index in [9.17, 15) is 4.79 Å². The van der Waals surface area contributed by atoms with E-state index in [0.29, 0.717) is 0 Å². The molecular weight excluding hydrogens is 332 g/mol. The van der Waals surface area contributed by atoms with Crippen molar-refractivity contribution in [1.29, 1.82) is 0 Å². The highest BCUT2D eigenvalue weighted by atomic mass is 16.5. The van der Waals surface area contributed by atoms with Crippen LogP contribution in [-0.4, -0.2) is 5.97 Å². The predicted molar refractivity (Wildman–Crippen MR) is 112 cm³/mol. The van der Waals surface area contributed by atoms with E-state index in [1.807, 2.05) is 0 Å². The normalized spacial score (nSPS) is 19.3. The largest absolute Gasteiger partial charge is 0.457 e. The third kappa shape index (κ3) is 5.22. The Bertz CT molecular complexity index is 715. The molecule has 2 heteroatoms. The molecule has 0 N–H and O–H groups in total. The first-order chi connectivity index (χ1) is 13.2. The predicted octanol–water partition coefficient (Wildman–Crippen LogP) is 6.88. The molecule has 0 radical (unpaired) electrons. The number of ether oxygens (including phenoxy) is 1. The molecular formula is C25H32O2. The average Bonchev–Trinajstić information content (AvgIpc) is 3.08. The summed E-state index contributed by atoms with van der Waals surface area (Å²) in [7, 11) is 0. The highest BCUT2D eigenvalue weighted by Crippen LogP contribution is 2.36. The molecule has 3 rings (SSSR count). The smallest absolute Gasteiger partial charge is 0.309 e. The number of benzene rings is 2. The summed E-state index contributed by atoms with van der Waals surface area (Å²) in [4.78, 5) is 12.1. The quantitative estimate of drug-likeness (QED) is 0.358. The van der Waals surface area contributed by atoms with Crippen LogP contribution in [-0.2, 0) is 16.0 Å². The monoisotopic (exact) mass is 364 g/mol. The van der Waals surface area contributed by atoms with E-state index in [0.717, 1.165) is 31.2 Å². The van der Waals surface area contributed by atoms with E-state index < -0.39 is 0 Å². The maximum Gasteiger partial charge on any atom is 0.309 e. The van der Waals surface area contributed by atoms with E-state index in [1.54, 1.807) is 0 Å². The molecule has 0 spiro atoms. The van der Waals surface area contributed by atoms with Gasteiger partial charge in [0, 0.05) is 6.42 Å². The van der Waals surface area contributed by atoms with Gasteiger partial charge in [-0.05, 0) is 41.5 Å². The van der Waals surface area contributed by atoms with Gasteiger partial charge in [0.1, 0.15) is 6.10 Å². The van der Waals surface area contributed by atoms with Gasteiger partial charge in [-0.2, -0.15) is 0 Å². The van der Waals surface area contributed by atoms with Crippen molar-refractivity contribution >= 4 is 5.97 Å². The third-order valence-corrected chi connectivity index (χ3v) is 5.64. The van der Waals surface area contributed by atoms with E-state index >= 15 is 0 Å². The second-order valence-electron chi connectivity index (χ2n) is 7.78. The molecule has 1 aliphatic heterocycles. The molecule has 2 aromatic rings. The van der Waals surface area contributed by atoms with Crippen molar-refractivity contribution in [1.82, 2.24) is 0 Å².